The molecule has 1 saturated heterocycles. The van der Waals surface area contributed by atoms with E-state index in [2.05, 4.69) is 4.74 Å². The van der Waals surface area contributed by atoms with E-state index >= 15 is 0 Å². The largest absolute Gasteiger partial charge is 0.469 e. The van der Waals surface area contributed by atoms with Crippen LogP contribution in [0.5, 0.6) is 0 Å². The minimum Gasteiger partial charge on any atom is -0.469 e. The molecule has 134 valence electrons. The smallest absolute Gasteiger partial charge is 0.312 e. The van der Waals surface area contributed by atoms with Crippen LogP contribution in [0.4, 0.5) is 10.1 Å². The second-order valence-corrected chi connectivity index (χ2v) is 7.71. The van der Waals surface area contributed by atoms with E-state index in [4.69, 9.17) is 4.55 Å². The molecule has 0 aromatic heterocycles. The Balaban J connectivity index is 2.40. The van der Waals surface area contributed by atoms with Gasteiger partial charge in [0, 0.05) is 6.54 Å². The monoisotopic (exact) mass is 381 g/mol. The number of esters is 1. The Morgan fingerprint density at radius 1 is 1.50 bits per heavy atom. The fraction of sp³-hybridized carbons (Fsp3) is 0.462. The van der Waals surface area contributed by atoms with Gasteiger partial charge in [-0.3, -0.25) is 9.35 Å². The fourth-order valence-corrected chi connectivity index (χ4v) is 4.46. The van der Waals surface area contributed by atoms with E-state index in [1.807, 2.05) is 0 Å². The molecule has 2 N–H and O–H groups in total. The molecule has 1 fully saturated rings. The lowest BCUT2D eigenvalue weighted by Gasteiger charge is -2.27. The molecule has 0 bridgehead atoms. The number of halogens is 1. The molecule has 1 aliphatic rings. The third-order valence-corrected chi connectivity index (χ3v) is 5.53. The van der Waals surface area contributed by atoms with Crippen molar-refractivity contribution in [2.75, 3.05) is 18.6 Å². The van der Waals surface area contributed by atoms with Gasteiger partial charge in [-0.1, -0.05) is 6.07 Å². The lowest BCUT2D eigenvalue weighted by Crippen LogP contribution is -2.42. The molecule has 1 aromatic rings. The highest BCUT2D eigenvalue weighted by atomic mass is 32.2. The van der Waals surface area contributed by atoms with Crippen LogP contribution in [0.1, 0.15) is 12.0 Å². The zero-order valence-corrected chi connectivity index (χ0v) is 14.2. The molecule has 0 spiro atoms. The summed E-state index contributed by atoms with van der Waals surface area (Å²) in [4.78, 5) is 12.8. The second kappa shape index (κ2) is 7.13. The summed E-state index contributed by atoms with van der Waals surface area (Å²) in [5.74, 6) is -3.05. The number of benzene rings is 1. The van der Waals surface area contributed by atoms with Gasteiger partial charge >= 0.3 is 5.97 Å². The molecular formula is C13H16FNO7S2. The number of nitrogens with zero attached hydrogens (tertiary/aromatic N) is 1. The number of carbonyl (C=O) groups excluding carboxylic acids is 1. The van der Waals surface area contributed by atoms with E-state index in [0.717, 1.165) is 18.1 Å². The Kier molecular flexibility index (Phi) is 5.58. The number of hydrogen-bond acceptors (Lipinski definition) is 6. The standard InChI is InChI=1S/C13H16FNO7S2/c1-22-13(16)9-4-5-15(12(9)24(19,20)21)11-3-2-8(6-10(11)14)7-23(17)18/h2-3,6,9,12H,4-5,7H2,1H3,(H,17,18)(H,19,20,21). The van der Waals surface area contributed by atoms with Crippen molar-refractivity contribution in [3.05, 3.63) is 29.6 Å². The summed E-state index contributed by atoms with van der Waals surface area (Å²) in [5, 5.41) is -1.66. The van der Waals surface area contributed by atoms with Gasteiger partial charge < -0.3 is 14.2 Å². The first kappa shape index (κ1) is 18.8. The first-order valence-electron chi connectivity index (χ1n) is 6.81. The molecule has 1 aromatic carbocycles. The van der Waals surface area contributed by atoms with Gasteiger partial charge in [-0.15, -0.1) is 0 Å². The van der Waals surface area contributed by atoms with Crippen molar-refractivity contribution in [3.8, 4) is 0 Å². The average molecular weight is 381 g/mol. The molecule has 11 heteroatoms. The number of rotatable bonds is 5. The van der Waals surface area contributed by atoms with E-state index < -0.39 is 44.3 Å². The molecule has 0 saturated carbocycles. The van der Waals surface area contributed by atoms with Crippen LogP contribution >= 0.6 is 0 Å². The summed E-state index contributed by atoms with van der Waals surface area (Å²) in [6.07, 6.45) is 0.0684. The summed E-state index contributed by atoms with van der Waals surface area (Å²) < 4.78 is 71.3. The summed E-state index contributed by atoms with van der Waals surface area (Å²) in [6.45, 7) is 0.0203. The third kappa shape index (κ3) is 3.91. The van der Waals surface area contributed by atoms with E-state index in [1.54, 1.807) is 0 Å². The molecular weight excluding hydrogens is 365 g/mol. The van der Waals surface area contributed by atoms with Crippen LogP contribution < -0.4 is 4.90 Å². The average Bonchev–Trinajstić information content (AvgIpc) is 2.90. The minimum absolute atomic E-state index is 0.0203. The normalized spacial score (nSPS) is 22.4. The van der Waals surface area contributed by atoms with E-state index in [9.17, 15) is 26.4 Å². The molecule has 0 radical (unpaired) electrons. The van der Waals surface area contributed by atoms with Crippen molar-refractivity contribution < 1.29 is 35.7 Å². The Hall–Kier alpha value is -1.56. The number of hydrogen-bond donors (Lipinski definition) is 2. The molecule has 3 unspecified atom stereocenters. The summed E-state index contributed by atoms with van der Waals surface area (Å²) in [7, 11) is -3.59. The molecule has 8 nitrogen and oxygen atoms in total. The number of anilines is 1. The van der Waals surface area contributed by atoms with Gasteiger partial charge in [0.25, 0.3) is 10.1 Å². The zero-order valence-electron chi connectivity index (χ0n) is 12.6. The van der Waals surface area contributed by atoms with Crippen molar-refractivity contribution in [2.24, 2.45) is 5.92 Å². The number of methoxy groups -OCH3 is 1. The van der Waals surface area contributed by atoms with Crippen LogP contribution in [0.25, 0.3) is 0 Å². The molecule has 2 rings (SSSR count). The first-order chi connectivity index (χ1) is 11.1. The van der Waals surface area contributed by atoms with Crippen molar-refractivity contribution in [2.45, 2.75) is 17.5 Å². The van der Waals surface area contributed by atoms with Gasteiger partial charge in [0.1, 0.15) is 5.82 Å². The Morgan fingerprint density at radius 2 is 2.17 bits per heavy atom. The van der Waals surface area contributed by atoms with Crippen molar-refractivity contribution in [1.29, 1.82) is 0 Å². The highest BCUT2D eigenvalue weighted by molar-refractivity contribution is 7.86. The first-order valence-corrected chi connectivity index (χ1v) is 9.59. The van der Waals surface area contributed by atoms with Crippen LogP contribution in [0, 0.1) is 11.7 Å². The number of carbonyl (C=O) groups is 1. The highest BCUT2D eigenvalue weighted by Crippen LogP contribution is 2.35. The zero-order chi connectivity index (χ0) is 18.1. The van der Waals surface area contributed by atoms with Crippen LogP contribution in [-0.4, -0.2) is 46.7 Å². The Labute approximate surface area is 140 Å². The maximum Gasteiger partial charge on any atom is 0.312 e. The van der Waals surface area contributed by atoms with Crippen LogP contribution in [0.3, 0.4) is 0 Å². The fourth-order valence-electron chi connectivity index (χ4n) is 2.79. The quantitative estimate of drug-likeness (QED) is 0.436. The maximum absolute atomic E-state index is 14.3. The summed E-state index contributed by atoms with van der Waals surface area (Å²) >= 11 is -2.14. The van der Waals surface area contributed by atoms with E-state index in [-0.39, 0.29) is 30.0 Å². The van der Waals surface area contributed by atoms with Gasteiger partial charge in [0.05, 0.1) is 24.5 Å². The molecule has 3 atom stereocenters. The lowest BCUT2D eigenvalue weighted by molar-refractivity contribution is -0.145. The van der Waals surface area contributed by atoms with Crippen LogP contribution in [-0.2, 0) is 36.5 Å². The summed E-state index contributed by atoms with van der Waals surface area (Å²) in [5.41, 5.74) is 0.126. The molecule has 24 heavy (non-hydrogen) atoms. The van der Waals surface area contributed by atoms with Gasteiger partial charge in [-0.25, -0.2) is 8.60 Å². The van der Waals surface area contributed by atoms with E-state index in [0.29, 0.717) is 0 Å². The van der Waals surface area contributed by atoms with Gasteiger partial charge in [-0.05, 0) is 24.1 Å². The maximum atomic E-state index is 14.3. The van der Waals surface area contributed by atoms with Crippen molar-refractivity contribution in [1.82, 2.24) is 0 Å². The van der Waals surface area contributed by atoms with E-state index in [1.165, 1.54) is 12.1 Å². The Morgan fingerprint density at radius 3 is 2.67 bits per heavy atom. The molecule has 0 amide bonds. The van der Waals surface area contributed by atoms with Crippen molar-refractivity contribution in [3.63, 3.8) is 0 Å². The Bertz CT molecular complexity index is 768. The SMILES string of the molecule is COC(=O)C1CCN(c2ccc(CS(=O)O)cc2F)C1S(=O)(=O)O. The van der Waals surface area contributed by atoms with Crippen LogP contribution in [0.15, 0.2) is 18.2 Å². The minimum atomic E-state index is -4.68. The summed E-state index contributed by atoms with van der Waals surface area (Å²) in [6, 6.07) is 3.63. The lowest BCUT2D eigenvalue weighted by atomic mass is 10.1. The predicted octanol–water partition coefficient (Wildman–Crippen LogP) is 0.761. The number of ether oxygens (including phenoxy) is 1. The predicted molar refractivity (Wildman–Crippen MR) is 83.7 cm³/mol. The highest BCUT2D eigenvalue weighted by Gasteiger charge is 2.47. The topological polar surface area (TPSA) is 121 Å². The van der Waals surface area contributed by atoms with Gasteiger partial charge in [-0.2, -0.15) is 8.42 Å². The van der Waals surface area contributed by atoms with Crippen LogP contribution in [0.2, 0.25) is 0 Å². The van der Waals surface area contributed by atoms with Gasteiger partial charge in [0.15, 0.2) is 16.5 Å². The van der Waals surface area contributed by atoms with Crippen molar-refractivity contribution >= 4 is 32.9 Å². The van der Waals surface area contributed by atoms with Gasteiger partial charge in [0.2, 0.25) is 0 Å². The molecule has 0 aliphatic carbocycles. The molecule has 1 aliphatic heterocycles. The third-order valence-electron chi connectivity index (χ3n) is 3.75. The molecule has 1 heterocycles. The second-order valence-electron chi connectivity index (χ2n) is 5.27.